The summed E-state index contributed by atoms with van der Waals surface area (Å²) >= 11 is 0. The second-order valence-electron chi connectivity index (χ2n) is 9.44. The second kappa shape index (κ2) is 12.6. The van der Waals surface area contributed by atoms with Crippen LogP contribution in [0.3, 0.4) is 0 Å². The van der Waals surface area contributed by atoms with Crippen molar-refractivity contribution in [3.05, 3.63) is 149 Å². The van der Waals surface area contributed by atoms with E-state index in [0.717, 1.165) is 5.56 Å². The van der Waals surface area contributed by atoms with Gasteiger partial charge in [0.25, 0.3) is 17.7 Å². The Bertz CT molecular complexity index is 1810. The molecule has 11 heteroatoms. The highest BCUT2D eigenvalue weighted by Gasteiger charge is 2.32. The summed E-state index contributed by atoms with van der Waals surface area (Å²) in [5.74, 6) is -1.51. The molecule has 1 aliphatic rings. The number of anilines is 3. The lowest BCUT2D eigenvalue weighted by Crippen LogP contribution is -2.38. The Morgan fingerprint density at radius 1 is 0.591 bits per heavy atom. The molecule has 1 aromatic heterocycles. The fourth-order valence-electron chi connectivity index (χ4n) is 4.27. The van der Waals surface area contributed by atoms with Crippen LogP contribution in [0.5, 0.6) is 0 Å². The van der Waals surface area contributed by atoms with Gasteiger partial charge in [-0.3, -0.25) is 30.4 Å². The molecule has 0 fully saturated rings. The molecule has 6 rings (SSSR count). The molecule has 0 radical (unpaired) electrons. The number of nitrogens with one attached hydrogen (secondary N) is 3. The van der Waals surface area contributed by atoms with Gasteiger partial charge in [-0.15, -0.1) is 0 Å². The van der Waals surface area contributed by atoms with E-state index in [4.69, 9.17) is 0 Å². The molecule has 3 N–H and O–H groups in total. The summed E-state index contributed by atoms with van der Waals surface area (Å²) in [4.78, 5) is 57.0. The van der Waals surface area contributed by atoms with Gasteiger partial charge in [-0.25, -0.2) is 4.99 Å². The van der Waals surface area contributed by atoms with Gasteiger partial charge in [0.15, 0.2) is 5.84 Å². The monoisotopic (exact) mass is 580 g/mol. The summed E-state index contributed by atoms with van der Waals surface area (Å²) in [6, 6.07) is 35.5. The number of hydrazine groups is 1. The van der Waals surface area contributed by atoms with Gasteiger partial charge in [-0.2, -0.15) is 20.0 Å². The molecule has 2 heterocycles. The first-order valence-corrected chi connectivity index (χ1v) is 13.5. The van der Waals surface area contributed by atoms with E-state index in [0.29, 0.717) is 22.5 Å². The third-order valence-electron chi connectivity index (χ3n) is 6.37. The average molecular weight is 581 g/mol. The third kappa shape index (κ3) is 6.37. The highest BCUT2D eigenvalue weighted by Crippen LogP contribution is 2.23. The molecule has 0 aliphatic carbocycles. The first kappa shape index (κ1) is 27.7. The first-order chi connectivity index (χ1) is 21.5. The minimum atomic E-state index is -0.472. The van der Waals surface area contributed by atoms with Crippen molar-refractivity contribution in [3.63, 3.8) is 0 Å². The molecule has 0 saturated heterocycles. The van der Waals surface area contributed by atoms with Crippen molar-refractivity contribution in [1.82, 2.24) is 20.0 Å². The SMILES string of the molecule is O=C(Nc1nc(NC(=O)c2ccccc2)nc(NN2C(=O)/C(=C/c3ccccc3)N=C2c2ccccc2)n1)c1ccccc1. The summed E-state index contributed by atoms with van der Waals surface area (Å²) in [7, 11) is 0. The summed E-state index contributed by atoms with van der Waals surface area (Å²) in [6.07, 6.45) is 1.68. The average Bonchev–Trinajstić information content (AvgIpc) is 3.36. The maximum Gasteiger partial charge on any atom is 0.297 e. The number of hydrogen-bond acceptors (Lipinski definition) is 8. The minimum absolute atomic E-state index is 0.121. The molecule has 0 unspecified atom stereocenters. The molecule has 0 spiro atoms. The van der Waals surface area contributed by atoms with Crippen LogP contribution in [0.4, 0.5) is 17.8 Å². The Hall–Kier alpha value is -6.49. The minimum Gasteiger partial charge on any atom is -0.290 e. The van der Waals surface area contributed by atoms with Crippen LogP contribution in [0.2, 0.25) is 0 Å². The van der Waals surface area contributed by atoms with E-state index in [9.17, 15) is 14.4 Å². The van der Waals surface area contributed by atoms with Crippen molar-refractivity contribution < 1.29 is 14.4 Å². The topological polar surface area (TPSA) is 142 Å². The Labute approximate surface area is 252 Å². The lowest BCUT2D eigenvalue weighted by Gasteiger charge is -2.19. The summed E-state index contributed by atoms with van der Waals surface area (Å²) in [5, 5.41) is 6.48. The number of carbonyl (C=O) groups is 3. The number of benzene rings is 4. The first-order valence-electron chi connectivity index (χ1n) is 13.5. The molecule has 4 aromatic carbocycles. The largest absolute Gasteiger partial charge is 0.297 e. The van der Waals surface area contributed by atoms with E-state index in [1.54, 1.807) is 66.7 Å². The zero-order valence-electron chi connectivity index (χ0n) is 23.1. The van der Waals surface area contributed by atoms with Crippen molar-refractivity contribution in [3.8, 4) is 0 Å². The second-order valence-corrected chi connectivity index (χ2v) is 9.44. The number of hydrogen-bond donors (Lipinski definition) is 3. The zero-order chi connectivity index (χ0) is 30.3. The molecule has 44 heavy (non-hydrogen) atoms. The molecule has 0 atom stereocenters. The molecule has 11 nitrogen and oxygen atoms in total. The van der Waals surface area contributed by atoms with E-state index < -0.39 is 17.7 Å². The van der Waals surface area contributed by atoms with Crippen LogP contribution in [-0.4, -0.2) is 43.5 Å². The predicted octanol–water partition coefficient (Wildman–Crippen LogP) is 5.03. The number of amidine groups is 1. The van der Waals surface area contributed by atoms with E-state index in [2.05, 4.69) is 36.0 Å². The number of carbonyl (C=O) groups excluding carboxylic acids is 3. The van der Waals surface area contributed by atoms with Crippen molar-refractivity contribution in [1.29, 1.82) is 0 Å². The van der Waals surface area contributed by atoms with Crippen LogP contribution in [0.15, 0.2) is 132 Å². The summed E-state index contributed by atoms with van der Waals surface area (Å²) in [5.41, 5.74) is 5.31. The van der Waals surface area contributed by atoms with Crippen molar-refractivity contribution in [2.45, 2.75) is 0 Å². The number of amides is 3. The Balaban J connectivity index is 1.35. The van der Waals surface area contributed by atoms with Crippen LogP contribution >= 0.6 is 0 Å². The van der Waals surface area contributed by atoms with E-state index in [-0.39, 0.29) is 23.5 Å². The van der Waals surface area contributed by atoms with Crippen molar-refractivity contribution in [2.24, 2.45) is 4.99 Å². The molecule has 214 valence electrons. The molecular formula is C33H24N8O3. The van der Waals surface area contributed by atoms with E-state index in [1.807, 2.05) is 60.7 Å². The lowest BCUT2D eigenvalue weighted by atomic mass is 10.2. The molecule has 1 aliphatic heterocycles. The zero-order valence-corrected chi connectivity index (χ0v) is 23.1. The van der Waals surface area contributed by atoms with E-state index >= 15 is 0 Å². The number of aliphatic imine (C=N–C) groups is 1. The van der Waals surface area contributed by atoms with Crippen molar-refractivity contribution >= 4 is 47.5 Å². The molecule has 0 bridgehead atoms. The maximum absolute atomic E-state index is 13.7. The lowest BCUT2D eigenvalue weighted by molar-refractivity contribution is -0.121. The van der Waals surface area contributed by atoms with Gasteiger partial charge in [0.2, 0.25) is 17.8 Å². The highest BCUT2D eigenvalue weighted by atomic mass is 16.2. The van der Waals surface area contributed by atoms with Crippen LogP contribution < -0.4 is 16.1 Å². The van der Waals surface area contributed by atoms with Gasteiger partial charge in [0, 0.05) is 16.7 Å². The van der Waals surface area contributed by atoms with Gasteiger partial charge in [-0.05, 0) is 35.9 Å². The van der Waals surface area contributed by atoms with Crippen LogP contribution in [-0.2, 0) is 4.79 Å². The fraction of sp³-hybridized carbons (Fsp3) is 0. The van der Waals surface area contributed by atoms with Gasteiger partial charge < -0.3 is 0 Å². The van der Waals surface area contributed by atoms with Crippen LogP contribution in [0, 0.1) is 0 Å². The maximum atomic E-state index is 13.7. The summed E-state index contributed by atoms with van der Waals surface area (Å²) in [6.45, 7) is 0. The molecule has 3 amide bonds. The van der Waals surface area contributed by atoms with Crippen LogP contribution in [0.25, 0.3) is 6.08 Å². The van der Waals surface area contributed by atoms with Gasteiger partial charge in [0.05, 0.1) is 0 Å². The Kier molecular flexibility index (Phi) is 7.91. The molecule has 5 aromatic rings. The standard InChI is InChI=1S/C33H24N8O3/c42-28(24-17-9-3-10-18-24)35-31-37-32(36-29(43)25-19-11-4-12-20-25)39-33(38-31)40-41-27(23-15-7-2-8-16-23)34-26(30(41)44)21-22-13-5-1-6-14-22/h1-21H,(H3,35,36,37,38,39,40,42,43)/b26-21-. The van der Waals surface area contributed by atoms with Crippen LogP contribution in [0.1, 0.15) is 31.8 Å². The number of aromatic nitrogens is 3. The van der Waals surface area contributed by atoms with Gasteiger partial charge in [-0.1, -0.05) is 97.1 Å². The third-order valence-corrected chi connectivity index (χ3v) is 6.37. The van der Waals surface area contributed by atoms with Gasteiger partial charge in [0.1, 0.15) is 5.70 Å². The molecule has 0 saturated carbocycles. The Morgan fingerprint density at radius 2 is 1.05 bits per heavy atom. The molecular weight excluding hydrogens is 556 g/mol. The van der Waals surface area contributed by atoms with Crippen molar-refractivity contribution in [2.75, 3.05) is 16.1 Å². The quantitative estimate of drug-likeness (QED) is 0.219. The normalized spacial score (nSPS) is 13.4. The number of nitrogens with zero attached hydrogens (tertiary/aromatic N) is 5. The summed E-state index contributed by atoms with van der Waals surface area (Å²) < 4.78 is 0. The fourth-order valence-corrected chi connectivity index (χ4v) is 4.27. The highest BCUT2D eigenvalue weighted by molar-refractivity contribution is 6.20. The number of rotatable bonds is 8. The predicted molar refractivity (Wildman–Crippen MR) is 166 cm³/mol. The van der Waals surface area contributed by atoms with Gasteiger partial charge >= 0.3 is 0 Å². The smallest absolute Gasteiger partial charge is 0.290 e. The van der Waals surface area contributed by atoms with E-state index in [1.165, 1.54) is 5.01 Å². The Morgan fingerprint density at radius 3 is 1.57 bits per heavy atom.